The summed E-state index contributed by atoms with van der Waals surface area (Å²) < 4.78 is 0. The van der Waals surface area contributed by atoms with Crippen LogP contribution in [0.5, 0.6) is 0 Å². The van der Waals surface area contributed by atoms with Gasteiger partial charge in [-0.3, -0.25) is 4.90 Å². The molecule has 0 aliphatic heterocycles. The third-order valence-corrected chi connectivity index (χ3v) is 5.02. The summed E-state index contributed by atoms with van der Waals surface area (Å²) in [4.78, 5) is 2.31. The molecule has 0 saturated carbocycles. The standard InChI is InChI=1S/C19H23Cl2N3S/c1-13(2)24(3)12-15-7-5-4-6-14(15)11-22-19(25)23-16-8-9-17(20)18(21)10-16/h4-10,13H,11-12H2,1-3H3,(H2,22,23,25). The first kappa shape index (κ1) is 20.0. The van der Waals surface area contributed by atoms with Gasteiger partial charge in [0, 0.05) is 24.8 Å². The van der Waals surface area contributed by atoms with E-state index in [0.29, 0.717) is 27.7 Å². The third kappa shape index (κ3) is 6.15. The number of rotatable bonds is 6. The van der Waals surface area contributed by atoms with Crippen LogP contribution in [0.4, 0.5) is 5.69 Å². The first-order chi connectivity index (χ1) is 11.9. The van der Waals surface area contributed by atoms with Gasteiger partial charge < -0.3 is 10.6 Å². The number of benzene rings is 2. The van der Waals surface area contributed by atoms with E-state index in [1.165, 1.54) is 11.1 Å². The minimum Gasteiger partial charge on any atom is -0.358 e. The van der Waals surface area contributed by atoms with Gasteiger partial charge in [0.25, 0.3) is 0 Å². The highest BCUT2D eigenvalue weighted by molar-refractivity contribution is 7.80. The van der Waals surface area contributed by atoms with Gasteiger partial charge >= 0.3 is 0 Å². The summed E-state index contributed by atoms with van der Waals surface area (Å²) >= 11 is 17.3. The lowest BCUT2D eigenvalue weighted by atomic mass is 10.1. The second kappa shape index (κ2) is 9.39. The molecular formula is C19H23Cl2N3S. The van der Waals surface area contributed by atoms with Gasteiger partial charge in [0.05, 0.1) is 10.0 Å². The van der Waals surface area contributed by atoms with Gasteiger partial charge in [-0.1, -0.05) is 47.5 Å². The monoisotopic (exact) mass is 395 g/mol. The van der Waals surface area contributed by atoms with Crippen LogP contribution in [-0.2, 0) is 13.1 Å². The molecule has 0 radical (unpaired) electrons. The van der Waals surface area contributed by atoms with Crippen LogP contribution in [0.3, 0.4) is 0 Å². The topological polar surface area (TPSA) is 27.3 Å². The minimum absolute atomic E-state index is 0.497. The predicted octanol–water partition coefficient (Wildman–Crippen LogP) is 5.32. The quantitative estimate of drug-likeness (QED) is 0.647. The van der Waals surface area contributed by atoms with Crippen molar-refractivity contribution in [3.05, 3.63) is 63.6 Å². The largest absolute Gasteiger partial charge is 0.358 e. The molecule has 134 valence electrons. The lowest BCUT2D eigenvalue weighted by Crippen LogP contribution is -2.29. The van der Waals surface area contributed by atoms with Crippen molar-refractivity contribution in [2.75, 3.05) is 12.4 Å². The Labute approximate surface area is 165 Å². The molecule has 2 aromatic carbocycles. The van der Waals surface area contributed by atoms with Crippen LogP contribution in [0, 0.1) is 0 Å². The molecule has 0 aliphatic rings. The average molecular weight is 396 g/mol. The molecule has 0 unspecified atom stereocenters. The molecular weight excluding hydrogens is 373 g/mol. The molecule has 0 spiro atoms. The van der Waals surface area contributed by atoms with Crippen LogP contribution in [0.25, 0.3) is 0 Å². The number of nitrogens with one attached hydrogen (secondary N) is 2. The Kier molecular flexibility index (Phi) is 7.51. The summed E-state index contributed by atoms with van der Waals surface area (Å²) in [5.41, 5.74) is 3.33. The minimum atomic E-state index is 0.497. The molecule has 0 heterocycles. The normalized spacial score (nSPS) is 11.0. The van der Waals surface area contributed by atoms with Gasteiger partial charge in [-0.2, -0.15) is 0 Å². The van der Waals surface area contributed by atoms with Crippen molar-refractivity contribution >= 4 is 46.2 Å². The van der Waals surface area contributed by atoms with Crippen molar-refractivity contribution in [2.45, 2.75) is 33.0 Å². The smallest absolute Gasteiger partial charge is 0.171 e. The Balaban J connectivity index is 1.96. The third-order valence-electron chi connectivity index (χ3n) is 4.04. The van der Waals surface area contributed by atoms with Crippen molar-refractivity contribution < 1.29 is 0 Å². The van der Waals surface area contributed by atoms with E-state index >= 15 is 0 Å². The van der Waals surface area contributed by atoms with Crippen molar-refractivity contribution in [1.29, 1.82) is 0 Å². The molecule has 0 atom stereocenters. The second-order valence-electron chi connectivity index (χ2n) is 6.21. The van der Waals surface area contributed by atoms with Gasteiger partial charge in [0.2, 0.25) is 0 Å². The Morgan fingerprint density at radius 2 is 1.76 bits per heavy atom. The number of hydrogen-bond acceptors (Lipinski definition) is 2. The van der Waals surface area contributed by atoms with E-state index in [1.807, 2.05) is 12.1 Å². The van der Waals surface area contributed by atoms with E-state index in [9.17, 15) is 0 Å². The zero-order valence-electron chi connectivity index (χ0n) is 14.6. The van der Waals surface area contributed by atoms with Crippen LogP contribution in [-0.4, -0.2) is 23.1 Å². The summed E-state index contributed by atoms with van der Waals surface area (Å²) in [6.45, 7) is 5.95. The first-order valence-electron chi connectivity index (χ1n) is 8.13. The fourth-order valence-electron chi connectivity index (χ4n) is 2.26. The Hall–Kier alpha value is -1.33. The summed E-state index contributed by atoms with van der Waals surface area (Å²) in [6, 6.07) is 14.2. The highest BCUT2D eigenvalue weighted by Gasteiger charge is 2.08. The number of halogens is 2. The van der Waals surface area contributed by atoms with Gasteiger partial charge in [0.15, 0.2) is 5.11 Å². The molecule has 0 saturated heterocycles. The predicted molar refractivity (Wildman–Crippen MR) is 113 cm³/mol. The van der Waals surface area contributed by atoms with Gasteiger partial charge in [-0.15, -0.1) is 0 Å². The van der Waals surface area contributed by atoms with Crippen molar-refractivity contribution in [3.63, 3.8) is 0 Å². The zero-order chi connectivity index (χ0) is 18.4. The van der Waals surface area contributed by atoms with E-state index in [2.05, 4.69) is 54.6 Å². The zero-order valence-corrected chi connectivity index (χ0v) is 17.0. The molecule has 3 nitrogen and oxygen atoms in total. The van der Waals surface area contributed by atoms with Gasteiger partial charge in [0.1, 0.15) is 0 Å². The maximum atomic E-state index is 6.02. The molecule has 0 aromatic heterocycles. The average Bonchev–Trinajstić information content (AvgIpc) is 2.57. The molecule has 0 amide bonds. The molecule has 2 aromatic rings. The molecule has 0 fully saturated rings. The van der Waals surface area contributed by atoms with Crippen molar-refractivity contribution in [1.82, 2.24) is 10.2 Å². The summed E-state index contributed by atoms with van der Waals surface area (Å²) in [5, 5.41) is 7.94. The van der Waals surface area contributed by atoms with Crippen LogP contribution in [0.2, 0.25) is 10.0 Å². The SMILES string of the molecule is CC(C)N(C)Cc1ccccc1CNC(=S)Nc1ccc(Cl)c(Cl)c1. The number of hydrogen-bond donors (Lipinski definition) is 2. The van der Waals surface area contributed by atoms with E-state index in [-0.39, 0.29) is 0 Å². The van der Waals surface area contributed by atoms with Crippen LogP contribution < -0.4 is 10.6 Å². The maximum Gasteiger partial charge on any atom is 0.171 e. The van der Waals surface area contributed by atoms with Crippen molar-refractivity contribution in [2.24, 2.45) is 0 Å². The molecule has 2 rings (SSSR count). The Morgan fingerprint density at radius 1 is 1.08 bits per heavy atom. The highest BCUT2D eigenvalue weighted by Crippen LogP contribution is 2.25. The van der Waals surface area contributed by atoms with Crippen LogP contribution in [0.1, 0.15) is 25.0 Å². The molecule has 25 heavy (non-hydrogen) atoms. The summed E-state index contributed by atoms with van der Waals surface area (Å²) in [5.74, 6) is 0. The lowest BCUT2D eigenvalue weighted by Gasteiger charge is -2.23. The van der Waals surface area contributed by atoms with Gasteiger partial charge in [-0.25, -0.2) is 0 Å². The van der Waals surface area contributed by atoms with E-state index in [4.69, 9.17) is 35.4 Å². The second-order valence-corrected chi connectivity index (χ2v) is 7.44. The first-order valence-corrected chi connectivity index (χ1v) is 9.30. The van der Waals surface area contributed by atoms with Crippen LogP contribution >= 0.6 is 35.4 Å². The number of thiocarbonyl (C=S) groups is 1. The lowest BCUT2D eigenvalue weighted by molar-refractivity contribution is 0.265. The fraction of sp³-hybridized carbons (Fsp3) is 0.316. The number of nitrogens with zero attached hydrogens (tertiary/aromatic N) is 1. The molecule has 0 aliphatic carbocycles. The van der Waals surface area contributed by atoms with Crippen LogP contribution in [0.15, 0.2) is 42.5 Å². The summed E-state index contributed by atoms with van der Waals surface area (Å²) in [7, 11) is 2.13. The Bertz CT molecular complexity index is 734. The molecule has 2 N–H and O–H groups in total. The fourth-order valence-corrected chi connectivity index (χ4v) is 2.75. The molecule has 0 bridgehead atoms. The maximum absolute atomic E-state index is 6.02. The van der Waals surface area contributed by atoms with Gasteiger partial charge in [-0.05, 0) is 62.4 Å². The Morgan fingerprint density at radius 3 is 2.40 bits per heavy atom. The van der Waals surface area contributed by atoms with Crippen molar-refractivity contribution in [3.8, 4) is 0 Å². The highest BCUT2D eigenvalue weighted by atomic mass is 35.5. The van der Waals surface area contributed by atoms with E-state index in [0.717, 1.165) is 12.2 Å². The summed E-state index contributed by atoms with van der Waals surface area (Å²) in [6.07, 6.45) is 0. The van der Waals surface area contributed by atoms with E-state index in [1.54, 1.807) is 12.1 Å². The van der Waals surface area contributed by atoms with E-state index < -0.39 is 0 Å². The number of anilines is 1. The molecule has 6 heteroatoms.